The van der Waals surface area contributed by atoms with Crippen LogP contribution in [0.5, 0.6) is 0 Å². The number of likely N-dealkylation sites (N-methyl/N-ethyl adjacent to an activating group) is 1. The number of allylic oxidation sites excluding steroid dienone is 30. The first kappa shape index (κ1) is 79.4. The Morgan fingerprint density at radius 2 is 0.635 bits per heavy atom. The maximum atomic E-state index is 12.9. The Balaban J connectivity index is 4.33. The minimum Gasteiger partial charge on any atom is -0.545 e. The van der Waals surface area contributed by atoms with Crippen molar-refractivity contribution in [3.63, 3.8) is 0 Å². The molecule has 0 aliphatic carbocycles. The molecule has 9 nitrogen and oxygen atoms in total. The summed E-state index contributed by atoms with van der Waals surface area (Å²) in [6.07, 6.45) is 95.3. The molecule has 0 aromatic heterocycles. The van der Waals surface area contributed by atoms with Gasteiger partial charge in [-0.15, -0.1) is 0 Å². The summed E-state index contributed by atoms with van der Waals surface area (Å²) in [6.45, 7) is 4.44. The quantitative estimate of drug-likeness (QED) is 0.0195. The summed E-state index contributed by atoms with van der Waals surface area (Å²) >= 11 is 0. The second-order valence-electron chi connectivity index (χ2n) is 22.3. The van der Waals surface area contributed by atoms with E-state index < -0.39 is 24.3 Å². The molecular weight excluding hydrogens is 1050 g/mol. The molecule has 2 unspecified atom stereocenters. The smallest absolute Gasteiger partial charge is 0.306 e. The number of hydrogen-bond donors (Lipinski definition) is 0. The van der Waals surface area contributed by atoms with Crippen molar-refractivity contribution in [2.75, 3.05) is 47.5 Å². The monoisotopic (exact) mass is 1170 g/mol. The van der Waals surface area contributed by atoms with Crippen LogP contribution in [-0.2, 0) is 33.3 Å². The van der Waals surface area contributed by atoms with Crippen LogP contribution in [0.2, 0.25) is 0 Å². The standard InChI is InChI=1S/C76H119NO8/c1-6-8-10-12-14-16-18-20-22-24-26-28-30-32-34-35-36-37-38-39-41-43-45-47-49-51-53-55-57-59-61-63-65-67-74(79)85-72(71-84-76(75(80)81)82-69-68-77(3,4)5)70-83-73(78)66-64-62-60-58-56-54-52-50-48-46-44-42-40-33-31-29-27-25-23-21-19-17-15-13-11-9-7-2/h8-11,14-17,20-23,26-29,32-34,36-37,39-41,45,47,51,53,57,59,72,76H,6-7,12-13,18-19,24-25,30-31,35,38,42-44,46,48-50,52,54-56,58,60-71H2,1-5H3/b10-8-,11-9-,16-14-,17-15-,22-20-,23-21-,28-26-,29-27-,34-32-,37-36-,40-33-,41-39-,47-45-,53-51-,59-57-. The number of aliphatic carboxylic acids is 1. The third-order valence-corrected chi connectivity index (χ3v) is 13.1. The Morgan fingerprint density at radius 1 is 0.353 bits per heavy atom. The number of nitrogens with zero attached hydrogens (tertiary/aromatic N) is 1. The fourth-order valence-electron chi connectivity index (χ4n) is 8.18. The van der Waals surface area contributed by atoms with Crippen LogP contribution in [0.15, 0.2) is 182 Å². The molecule has 0 spiro atoms. The summed E-state index contributed by atoms with van der Waals surface area (Å²) in [5.74, 6) is -2.37. The first-order valence-corrected chi connectivity index (χ1v) is 32.9. The van der Waals surface area contributed by atoms with Gasteiger partial charge < -0.3 is 33.3 Å². The van der Waals surface area contributed by atoms with E-state index in [9.17, 15) is 19.5 Å². The number of carboxylic acids is 1. The molecule has 0 bridgehead atoms. The number of unbranched alkanes of at least 4 members (excludes halogenated alkanes) is 13. The first-order chi connectivity index (χ1) is 41.6. The van der Waals surface area contributed by atoms with Gasteiger partial charge in [0.05, 0.1) is 40.3 Å². The van der Waals surface area contributed by atoms with E-state index in [2.05, 4.69) is 196 Å². The topological polar surface area (TPSA) is 111 Å². The van der Waals surface area contributed by atoms with Gasteiger partial charge in [0, 0.05) is 12.8 Å². The number of carbonyl (C=O) groups excluding carboxylic acids is 3. The number of esters is 2. The third-order valence-electron chi connectivity index (χ3n) is 13.1. The van der Waals surface area contributed by atoms with E-state index in [0.717, 1.165) is 141 Å². The molecule has 0 N–H and O–H groups in total. The maximum absolute atomic E-state index is 12.9. The van der Waals surface area contributed by atoms with Gasteiger partial charge in [-0.3, -0.25) is 9.59 Å². The maximum Gasteiger partial charge on any atom is 0.306 e. The van der Waals surface area contributed by atoms with Gasteiger partial charge in [-0.1, -0.05) is 254 Å². The highest BCUT2D eigenvalue weighted by Crippen LogP contribution is 2.14. The van der Waals surface area contributed by atoms with E-state index in [1.54, 1.807) is 0 Å². The van der Waals surface area contributed by atoms with Gasteiger partial charge in [-0.2, -0.15) is 0 Å². The molecule has 0 saturated heterocycles. The lowest BCUT2D eigenvalue weighted by Crippen LogP contribution is -2.44. The van der Waals surface area contributed by atoms with Crippen LogP contribution in [0.25, 0.3) is 0 Å². The molecule has 0 amide bonds. The fraction of sp³-hybridized carbons (Fsp3) is 0.566. The summed E-state index contributed by atoms with van der Waals surface area (Å²) in [6, 6.07) is 0. The third kappa shape index (κ3) is 65.8. The molecule has 0 rings (SSSR count). The molecule has 0 heterocycles. The van der Waals surface area contributed by atoms with Gasteiger partial charge in [-0.05, 0) is 135 Å². The highest BCUT2D eigenvalue weighted by Gasteiger charge is 2.22. The van der Waals surface area contributed by atoms with Gasteiger partial charge in [0.1, 0.15) is 13.2 Å². The predicted molar refractivity (Wildman–Crippen MR) is 361 cm³/mol. The minimum atomic E-state index is -1.65. The second-order valence-corrected chi connectivity index (χ2v) is 22.3. The number of rotatable bonds is 58. The molecule has 0 aromatic rings. The average Bonchev–Trinajstić information content (AvgIpc) is 3.49. The summed E-state index contributed by atoms with van der Waals surface area (Å²) in [4.78, 5) is 37.4. The Hall–Kier alpha value is -5.61. The lowest BCUT2D eigenvalue weighted by Gasteiger charge is -2.26. The molecular formula is C76H119NO8. The van der Waals surface area contributed by atoms with Gasteiger partial charge in [-0.25, -0.2) is 0 Å². The number of quaternary nitrogens is 1. The van der Waals surface area contributed by atoms with Gasteiger partial charge in [0.25, 0.3) is 0 Å². The molecule has 476 valence electrons. The first-order valence-electron chi connectivity index (χ1n) is 32.9. The Bertz CT molecular complexity index is 2050. The molecule has 2 atom stereocenters. The summed E-state index contributed by atoms with van der Waals surface area (Å²) < 4.78 is 22.7. The molecule has 0 radical (unpaired) electrons. The van der Waals surface area contributed by atoms with Crippen molar-refractivity contribution in [3.8, 4) is 0 Å². The zero-order valence-corrected chi connectivity index (χ0v) is 54.1. The van der Waals surface area contributed by atoms with E-state index in [0.29, 0.717) is 17.4 Å². The Labute approximate surface area is 519 Å². The molecule has 0 saturated carbocycles. The number of ether oxygens (including phenoxy) is 4. The molecule has 9 heteroatoms. The van der Waals surface area contributed by atoms with Crippen LogP contribution in [0.4, 0.5) is 0 Å². The predicted octanol–water partition coefficient (Wildman–Crippen LogP) is 19.1. The van der Waals surface area contributed by atoms with Crippen LogP contribution < -0.4 is 5.11 Å². The fourth-order valence-corrected chi connectivity index (χ4v) is 8.18. The SMILES string of the molecule is CC/C=C\C/C=C\C/C=C\C/C=C\C/C=C\C/C=C\C/C=C\C/C=C\C/C=C\C/C=C\CCCCC(=O)OC(COC(=O)CCCCCCCCCCCCC/C=C\C/C=C\C/C=C\C/C=C\C/C=C\CC)COC(OCC[N+](C)(C)C)C(=O)[O-]. The Kier molecular flexibility index (Phi) is 60.1. The zero-order chi connectivity index (χ0) is 61.9. The van der Waals surface area contributed by atoms with Crippen molar-refractivity contribution in [1.29, 1.82) is 0 Å². The molecule has 85 heavy (non-hydrogen) atoms. The lowest BCUT2D eigenvalue weighted by atomic mass is 10.0. The van der Waals surface area contributed by atoms with Crippen molar-refractivity contribution >= 4 is 17.9 Å². The summed E-state index contributed by atoms with van der Waals surface area (Å²) in [5.41, 5.74) is 0. The molecule has 0 fully saturated rings. The summed E-state index contributed by atoms with van der Waals surface area (Å²) in [7, 11) is 5.90. The van der Waals surface area contributed by atoms with E-state index in [-0.39, 0.29) is 38.6 Å². The highest BCUT2D eigenvalue weighted by molar-refractivity contribution is 5.70. The number of hydrogen-bond acceptors (Lipinski definition) is 8. The van der Waals surface area contributed by atoms with E-state index >= 15 is 0 Å². The van der Waals surface area contributed by atoms with Crippen LogP contribution in [-0.4, -0.2) is 82.3 Å². The number of carbonyl (C=O) groups is 3. The van der Waals surface area contributed by atoms with Gasteiger partial charge >= 0.3 is 11.9 Å². The average molecular weight is 1170 g/mol. The van der Waals surface area contributed by atoms with Crippen LogP contribution in [0.1, 0.15) is 219 Å². The normalized spacial score (nSPS) is 13.9. The van der Waals surface area contributed by atoms with E-state index in [1.165, 1.54) is 44.9 Å². The molecule has 0 aliphatic heterocycles. The van der Waals surface area contributed by atoms with Crippen molar-refractivity contribution in [3.05, 3.63) is 182 Å². The van der Waals surface area contributed by atoms with E-state index in [1.807, 2.05) is 21.1 Å². The number of carboxylic acid groups (broad SMARTS) is 1. The molecule has 0 aliphatic rings. The molecule has 0 aromatic carbocycles. The van der Waals surface area contributed by atoms with Crippen molar-refractivity contribution < 1.29 is 42.9 Å². The Morgan fingerprint density at radius 3 is 0.965 bits per heavy atom. The van der Waals surface area contributed by atoms with Crippen LogP contribution in [0, 0.1) is 0 Å². The minimum absolute atomic E-state index is 0.128. The second kappa shape index (κ2) is 64.4. The van der Waals surface area contributed by atoms with Crippen LogP contribution in [0.3, 0.4) is 0 Å². The van der Waals surface area contributed by atoms with Gasteiger partial charge in [0.15, 0.2) is 12.4 Å². The van der Waals surface area contributed by atoms with Crippen molar-refractivity contribution in [2.45, 2.75) is 232 Å². The lowest BCUT2D eigenvalue weighted by molar-refractivity contribution is -0.870. The van der Waals surface area contributed by atoms with Crippen molar-refractivity contribution in [1.82, 2.24) is 0 Å². The highest BCUT2D eigenvalue weighted by atomic mass is 16.7. The zero-order valence-electron chi connectivity index (χ0n) is 54.1. The van der Waals surface area contributed by atoms with Gasteiger partial charge in [0.2, 0.25) is 0 Å². The van der Waals surface area contributed by atoms with Crippen molar-refractivity contribution in [2.24, 2.45) is 0 Å². The van der Waals surface area contributed by atoms with E-state index in [4.69, 9.17) is 18.9 Å². The summed E-state index contributed by atoms with van der Waals surface area (Å²) in [5, 5.41) is 11.8. The largest absolute Gasteiger partial charge is 0.545 e. The van der Waals surface area contributed by atoms with Crippen LogP contribution >= 0.6 is 0 Å².